The molecular weight excluding hydrogens is 334 g/mol. The van der Waals surface area contributed by atoms with Gasteiger partial charge in [-0.2, -0.15) is 4.98 Å². The fraction of sp³-hybridized carbons (Fsp3) is 0.778. The first-order valence-electron chi connectivity index (χ1n) is 9.61. The van der Waals surface area contributed by atoms with E-state index >= 15 is 0 Å². The molecule has 2 aliphatic rings. The average Bonchev–Trinajstić information content (AvgIpc) is 3.32. The maximum Gasteiger partial charge on any atom is 0.319 e. The normalized spacial score (nSPS) is 21.0. The number of hydrogen-bond acceptors (Lipinski definition) is 5. The first kappa shape index (κ1) is 18.7. The van der Waals surface area contributed by atoms with E-state index in [0.717, 1.165) is 31.6 Å². The van der Waals surface area contributed by atoms with Crippen molar-refractivity contribution in [2.75, 3.05) is 33.7 Å². The van der Waals surface area contributed by atoms with E-state index in [2.05, 4.69) is 15.5 Å². The highest BCUT2D eigenvalue weighted by atomic mass is 16.5. The molecule has 0 radical (unpaired) electrons. The van der Waals surface area contributed by atoms with Crippen molar-refractivity contribution >= 4 is 11.9 Å². The second kappa shape index (κ2) is 8.51. The van der Waals surface area contributed by atoms with E-state index in [-0.39, 0.29) is 17.9 Å². The first-order valence-corrected chi connectivity index (χ1v) is 9.61. The lowest BCUT2D eigenvalue weighted by atomic mass is 9.97. The number of nitrogens with zero attached hydrogens (tertiary/aromatic N) is 4. The number of urea groups is 1. The molecule has 1 aromatic heterocycles. The van der Waals surface area contributed by atoms with Crippen LogP contribution in [0.4, 0.5) is 4.79 Å². The second-order valence-corrected chi connectivity index (χ2v) is 7.53. The van der Waals surface area contributed by atoms with Crippen LogP contribution in [-0.2, 0) is 11.2 Å². The van der Waals surface area contributed by atoms with Crippen LogP contribution in [0.25, 0.3) is 0 Å². The average molecular weight is 363 g/mol. The third-order valence-corrected chi connectivity index (χ3v) is 5.28. The minimum Gasteiger partial charge on any atom is -0.355 e. The van der Waals surface area contributed by atoms with E-state index < -0.39 is 0 Å². The smallest absolute Gasteiger partial charge is 0.319 e. The molecule has 144 valence electrons. The summed E-state index contributed by atoms with van der Waals surface area (Å²) in [6.45, 7) is 1.69. The van der Waals surface area contributed by atoms with Crippen LogP contribution >= 0.6 is 0 Å². The van der Waals surface area contributed by atoms with Gasteiger partial charge in [0.05, 0.1) is 5.92 Å². The molecule has 1 saturated carbocycles. The number of piperidine rings is 1. The Morgan fingerprint density at radius 1 is 1.23 bits per heavy atom. The van der Waals surface area contributed by atoms with Crippen molar-refractivity contribution in [2.45, 2.75) is 50.9 Å². The summed E-state index contributed by atoms with van der Waals surface area (Å²) in [7, 11) is 3.47. The van der Waals surface area contributed by atoms with E-state index in [1.54, 1.807) is 23.9 Å². The highest BCUT2D eigenvalue weighted by Gasteiger charge is 2.29. The molecule has 1 aromatic rings. The number of carbonyl (C=O) groups is 2. The van der Waals surface area contributed by atoms with Crippen LogP contribution in [0.15, 0.2) is 4.52 Å². The van der Waals surface area contributed by atoms with Crippen molar-refractivity contribution in [1.82, 2.24) is 25.3 Å². The Balaban J connectivity index is 1.43. The third kappa shape index (κ3) is 4.53. The molecule has 8 nitrogen and oxygen atoms in total. The highest BCUT2D eigenvalue weighted by molar-refractivity contribution is 5.80. The minimum absolute atomic E-state index is 0.000711. The highest BCUT2D eigenvalue weighted by Crippen LogP contribution is 2.32. The maximum atomic E-state index is 12.4. The van der Waals surface area contributed by atoms with E-state index in [1.165, 1.54) is 12.8 Å². The summed E-state index contributed by atoms with van der Waals surface area (Å²) in [5.74, 6) is 1.66. The van der Waals surface area contributed by atoms with Gasteiger partial charge in [0.15, 0.2) is 5.82 Å². The summed E-state index contributed by atoms with van der Waals surface area (Å²) in [5, 5.41) is 6.99. The van der Waals surface area contributed by atoms with E-state index in [0.29, 0.717) is 37.8 Å². The molecule has 0 aromatic carbocycles. The van der Waals surface area contributed by atoms with E-state index in [4.69, 9.17) is 4.52 Å². The summed E-state index contributed by atoms with van der Waals surface area (Å²) in [4.78, 5) is 32.3. The van der Waals surface area contributed by atoms with Crippen molar-refractivity contribution in [3.8, 4) is 0 Å². The summed E-state index contributed by atoms with van der Waals surface area (Å²) < 4.78 is 5.36. The van der Waals surface area contributed by atoms with Gasteiger partial charge in [-0.25, -0.2) is 4.79 Å². The fourth-order valence-electron chi connectivity index (χ4n) is 3.80. The Bertz CT molecular complexity index is 624. The topological polar surface area (TPSA) is 91.6 Å². The van der Waals surface area contributed by atoms with Crippen LogP contribution in [-0.4, -0.2) is 65.6 Å². The SMILES string of the molecule is CN(C)C(=O)N1CCCC(C(=O)NCCc2noc(C3CCCC3)n2)C1. The summed E-state index contributed by atoms with van der Waals surface area (Å²) in [5.41, 5.74) is 0. The third-order valence-electron chi connectivity index (χ3n) is 5.28. The van der Waals surface area contributed by atoms with Gasteiger partial charge >= 0.3 is 6.03 Å². The summed E-state index contributed by atoms with van der Waals surface area (Å²) in [6, 6.07) is -0.0336. The van der Waals surface area contributed by atoms with Crippen LogP contribution < -0.4 is 5.32 Å². The number of rotatable bonds is 5. The fourth-order valence-corrected chi connectivity index (χ4v) is 3.80. The molecule has 1 aliphatic carbocycles. The summed E-state index contributed by atoms with van der Waals surface area (Å²) >= 11 is 0. The number of hydrogen-bond donors (Lipinski definition) is 1. The molecule has 8 heteroatoms. The molecule has 3 amide bonds. The number of aromatic nitrogens is 2. The van der Waals surface area contributed by atoms with Crippen LogP contribution in [0, 0.1) is 5.92 Å². The van der Waals surface area contributed by atoms with Crippen molar-refractivity contribution in [3.05, 3.63) is 11.7 Å². The van der Waals surface area contributed by atoms with Gasteiger partial charge in [0.2, 0.25) is 11.8 Å². The standard InChI is InChI=1S/C18H29N5O3/c1-22(2)18(25)23-11-5-8-14(12-23)16(24)19-10-9-15-20-17(26-21-15)13-6-3-4-7-13/h13-14H,3-12H2,1-2H3,(H,19,24). The summed E-state index contributed by atoms with van der Waals surface area (Å²) in [6.07, 6.45) is 6.95. The molecule has 1 unspecified atom stereocenters. The Hall–Kier alpha value is -2.12. The lowest BCUT2D eigenvalue weighted by Gasteiger charge is -2.33. The molecule has 1 atom stereocenters. The van der Waals surface area contributed by atoms with Gasteiger partial charge < -0.3 is 19.6 Å². The van der Waals surface area contributed by atoms with Crippen molar-refractivity contribution in [2.24, 2.45) is 5.92 Å². The van der Waals surface area contributed by atoms with Gasteiger partial charge in [-0.1, -0.05) is 18.0 Å². The van der Waals surface area contributed by atoms with Gasteiger partial charge in [-0.3, -0.25) is 4.79 Å². The minimum atomic E-state index is -0.146. The van der Waals surface area contributed by atoms with Crippen molar-refractivity contribution in [1.29, 1.82) is 0 Å². The molecule has 3 rings (SSSR count). The van der Waals surface area contributed by atoms with Gasteiger partial charge in [-0.05, 0) is 25.7 Å². The zero-order chi connectivity index (χ0) is 18.5. The van der Waals surface area contributed by atoms with Crippen LogP contribution in [0.3, 0.4) is 0 Å². The number of amides is 3. The Labute approximate surface area is 154 Å². The first-order chi connectivity index (χ1) is 12.5. The predicted octanol–water partition coefficient (Wildman–Crippen LogP) is 1.78. The Morgan fingerprint density at radius 3 is 2.73 bits per heavy atom. The molecule has 26 heavy (non-hydrogen) atoms. The number of carbonyl (C=O) groups excluding carboxylic acids is 2. The van der Waals surface area contributed by atoms with Crippen LogP contribution in [0.1, 0.15) is 56.2 Å². The molecule has 2 heterocycles. The van der Waals surface area contributed by atoms with Gasteiger partial charge in [0.25, 0.3) is 0 Å². The van der Waals surface area contributed by atoms with E-state index in [9.17, 15) is 9.59 Å². The Kier molecular flexibility index (Phi) is 6.11. The molecule has 1 N–H and O–H groups in total. The lowest BCUT2D eigenvalue weighted by Crippen LogP contribution is -2.48. The largest absolute Gasteiger partial charge is 0.355 e. The van der Waals surface area contributed by atoms with Crippen molar-refractivity contribution in [3.63, 3.8) is 0 Å². The van der Waals surface area contributed by atoms with E-state index in [1.807, 2.05) is 0 Å². The quantitative estimate of drug-likeness (QED) is 0.861. The monoisotopic (exact) mass is 363 g/mol. The maximum absolute atomic E-state index is 12.4. The van der Waals surface area contributed by atoms with Gasteiger partial charge in [0, 0.05) is 46.1 Å². The molecule has 0 spiro atoms. The molecule has 0 bridgehead atoms. The van der Waals surface area contributed by atoms with Crippen LogP contribution in [0.2, 0.25) is 0 Å². The molecule has 1 aliphatic heterocycles. The second-order valence-electron chi connectivity index (χ2n) is 7.53. The predicted molar refractivity (Wildman–Crippen MR) is 95.6 cm³/mol. The lowest BCUT2D eigenvalue weighted by molar-refractivity contribution is -0.126. The van der Waals surface area contributed by atoms with Crippen molar-refractivity contribution < 1.29 is 14.1 Å². The van der Waals surface area contributed by atoms with Crippen LogP contribution in [0.5, 0.6) is 0 Å². The molecule has 1 saturated heterocycles. The zero-order valence-electron chi connectivity index (χ0n) is 15.7. The molecule has 2 fully saturated rings. The number of likely N-dealkylation sites (tertiary alicyclic amines) is 1. The number of nitrogens with one attached hydrogen (secondary N) is 1. The Morgan fingerprint density at radius 2 is 2.00 bits per heavy atom. The molecular formula is C18H29N5O3. The van der Waals surface area contributed by atoms with Gasteiger partial charge in [0.1, 0.15) is 0 Å². The zero-order valence-corrected chi connectivity index (χ0v) is 15.7. The van der Waals surface area contributed by atoms with Gasteiger partial charge in [-0.15, -0.1) is 0 Å².